The maximum Gasteiger partial charge on any atom is 0.426 e. The van der Waals surface area contributed by atoms with Crippen LogP contribution >= 0.6 is 11.6 Å². The van der Waals surface area contributed by atoms with E-state index in [2.05, 4.69) is 0 Å². The number of non-ortho nitro benzene ring substituents is 1. The predicted octanol–water partition coefficient (Wildman–Crippen LogP) is 4.12. The average Bonchev–Trinajstić information content (AvgIpc) is 2.36. The molecule has 0 saturated heterocycles. The van der Waals surface area contributed by atoms with Crippen molar-refractivity contribution in [3.63, 3.8) is 0 Å². The first-order valence-corrected chi connectivity index (χ1v) is 5.97. The van der Waals surface area contributed by atoms with Gasteiger partial charge in [0.2, 0.25) is 0 Å². The third kappa shape index (κ3) is 3.61. The molecule has 0 saturated carbocycles. The molecule has 1 atom stereocenters. The van der Waals surface area contributed by atoms with Crippen LogP contribution < -0.4 is 0 Å². The van der Waals surface area contributed by atoms with Crippen LogP contribution in [0.2, 0.25) is 0 Å². The van der Waals surface area contributed by atoms with E-state index in [4.69, 9.17) is 16.7 Å². The lowest BCUT2D eigenvalue weighted by Gasteiger charge is -2.33. The highest BCUT2D eigenvalue weighted by Crippen LogP contribution is 2.49. The first-order chi connectivity index (χ1) is 9.79. The van der Waals surface area contributed by atoms with E-state index in [9.17, 15) is 36.5 Å². The Labute approximate surface area is 124 Å². The van der Waals surface area contributed by atoms with Crippen molar-refractivity contribution >= 4 is 17.3 Å². The van der Waals surface area contributed by atoms with Gasteiger partial charge in [0.15, 0.2) is 0 Å². The molecule has 0 spiro atoms. The molecule has 0 fully saturated rings. The number of nitro groups is 1. The fourth-order valence-corrected chi connectivity index (χ4v) is 1.96. The number of alkyl halides is 7. The van der Waals surface area contributed by atoms with Gasteiger partial charge in [-0.15, -0.1) is 11.6 Å². The molecule has 4 nitrogen and oxygen atoms in total. The van der Waals surface area contributed by atoms with Crippen molar-refractivity contribution in [2.45, 2.75) is 29.8 Å². The van der Waals surface area contributed by atoms with Crippen molar-refractivity contribution in [3.05, 3.63) is 39.9 Å². The van der Waals surface area contributed by atoms with Gasteiger partial charge in [-0.2, -0.15) is 26.3 Å². The van der Waals surface area contributed by atoms with Gasteiger partial charge < -0.3 is 5.11 Å². The molecule has 1 N–H and O–H groups in total. The van der Waals surface area contributed by atoms with Crippen LogP contribution in [0.15, 0.2) is 24.3 Å². The number of rotatable bonds is 4. The van der Waals surface area contributed by atoms with E-state index in [1.165, 1.54) is 0 Å². The highest BCUT2D eigenvalue weighted by atomic mass is 35.5. The van der Waals surface area contributed by atoms with E-state index in [0.29, 0.717) is 0 Å². The van der Waals surface area contributed by atoms with Gasteiger partial charge in [-0.1, -0.05) is 12.1 Å². The van der Waals surface area contributed by atoms with Gasteiger partial charge in [0.05, 0.1) is 10.3 Å². The molecular formula is C11H8ClF6NO3. The Morgan fingerprint density at radius 3 is 2.09 bits per heavy atom. The number of aliphatic hydroxyl groups is 1. The Morgan fingerprint density at radius 2 is 1.68 bits per heavy atom. The number of hydrogen-bond acceptors (Lipinski definition) is 3. The molecule has 0 aliphatic carbocycles. The van der Waals surface area contributed by atoms with E-state index in [1.54, 1.807) is 0 Å². The highest BCUT2D eigenvalue weighted by Gasteiger charge is 2.70. The molecule has 0 aromatic heterocycles. The summed E-state index contributed by atoms with van der Waals surface area (Å²) in [5.41, 5.74) is -5.91. The standard InChI is InChI=1S/C11H8ClF6NO3/c12-8(6-2-1-3-7(4-6)19(21)22)5-9(20,10(13,14)15)11(16,17)18/h1-4,8,20H,5H2. The SMILES string of the molecule is O=[N+]([O-])c1cccc(C(Cl)CC(O)(C(F)(F)F)C(F)(F)F)c1. The lowest BCUT2D eigenvalue weighted by atomic mass is 9.93. The summed E-state index contributed by atoms with van der Waals surface area (Å²) in [7, 11) is 0. The maximum atomic E-state index is 12.5. The molecule has 22 heavy (non-hydrogen) atoms. The summed E-state index contributed by atoms with van der Waals surface area (Å²) in [4.78, 5) is 9.65. The molecule has 0 aliphatic rings. The molecule has 124 valence electrons. The normalized spacial score (nSPS) is 14.7. The Bertz CT molecular complexity index is 545. The third-order valence-electron chi connectivity index (χ3n) is 2.86. The zero-order valence-electron chi connectivity index (χ0n) is 10.5. The minimum atomic E-state index is -6.00. The number of halogens is 7. The second-order valence-corrected chi connectivity index (χ2v) is 4.91. The minimum Gasteiger partial charge on any atom is -0.374 e. The Balaban J connectivity index is 3.15. The Kier molecular flexibility index (Phi) is 4.98. The third-order valence-corrected chi connectivity index (χ3v) is 3.26. The number of benzene rings is 1. The molecule has 0 bridgehead atoms. The van der Waals surface area contributed by atoms with E-state index < -0.39 is 40.4 Å². The van der Waals surface area contributed by atoms with Gasteiger partial charge in [0.1, 0.15) is 0 Å². The maximum absolute atomic E-state index is 12.5. The summed E-state index contributed by atoms with van der Waals surface area (Å²) in [5.74, 6) is 0. The zero-order valence-corrected chi connectivity index (χ0v) is 11.2. The van der Waals surface area contributed by atoms with Crippen LogP contribution in [0, 0.1) is 10.1 Å². The van der Waals surface area contributed by atoms with Crippen molar-refractivity contribution in [1.29, 1.82) is 0 Å². The first kappa shape index (κ1) is 18.5. The molecule has 1 aromatic rings. The summed E-state index contributed by atoms with van der Waals surface area (Å²) >= 11 is 5.50. The lowest BCUT2D eigenvalue weighted by molar-refractivity contribution is -0.384. The number of hydrogen-bond donors (Lipinski definition) is 1. The molecule has 1 aromatic carbocycles. The summed E-state index contributed by atoms with van der Waals surface area (Å²) < 4.78 is 75.3. The monoisotopic (exact) mass is 351 g/mol. The van der Waals surface area contributed by atoms with Crippen LogP contribution in [0.3, 0.4) is 0 Å². The summed E-state index contributed by atoms with van der Waals surface area (Å²) in [6.45, 7) is 0. The molecule has 1 unspecified atom stereocenters. The molecule has 11 heteroatoms. The number of nitro benzene ring substituents is 1. The van der Waals surface area contributed by atoms with E-state index >= 15 is 0 Å². The van der Waals surface area contributed by atoms with Crippen LogP contribution in [-0.2, 0) is 0 Å². The van der Waals surface area contributed by atoms with E-state index in [-0.39, 0.29) is 5.56 Å². The molecule has 0 aliphatic heterocycles. The predicted molar refractivity (Wildman–Crippen MR) is 63.4 cm³/mol. The molecule has 1 rings (SSSR count). The first-order valence-electron chi connectivity index (χ1n) is 5.54. The van der Waals surface area contributed by atoms with Gasteiger partial charge in [-0.05, 0) is 5.56 Å². The van der Waals surface area contributed by atoms with Crippen molar-refractivity contribution in [2.24, 2.45) is 0 Å². The molecule has 0 amide bonds. The van der Waals surface area contributed by atoms with Crippen molar-refractivity contribution in [1.82, 2.24) is 0 Å². The fourth-order valence-electron chi connectivity index (χ4n) is 1.60. The average molecular weight is 352 g/mol. The van der Waals surface area contributed by atoms with Crippen LogP contribution in [0.4, 0.5) is 32.0 Å². The molecule has 0 heterocycles. The quantitative estimate of drug-likeness (QED) is 0.384. The van der Waals surface area contributed by atoms with Crippen LogP contribution in [0.1, 0.15) is 17.4 Å². The summed E-state index contributed by atoms with van der Waals surface area (Å²) in [5, 5.41) is 17.6. The summed E-state index contributed by atoms with van der Waals surface area (Å²) in [6, 6.07) is 3.82. The van der Waals surface area contributed by atoms with Crippen LogP contribution in [0.5, 0.6) is 0 Å². The second-order valence-electron chi connectivity index (χ2n) is 4.38. The Morgan fingerprint density at radius 1 is 1.18 bits per heavy atom. The minimum absolute atomic E-state index is 0.345. The van der Waals surface area contributed by atoms with E-state index in [0.717, 1.165) is 24.3 Å². The lowest BCUT2D eigenvalue weighted by Crippen LogP contribution is -2.57. The van der Waals surface area contributed by atoms with Crippen LogP contribution in [-0.4, -0.2) is 28.0 Å². The number of nitrogens with zero attached hydrogens (tertiary/aromatic N) is 1. The molecular weight excluding hydrogens is 344 g/mol. The van der Waals surface area contributed by atoms with Crippen LogP contribution in [0.25, 0.3) is 0 Å². The summed E-state index contributed by atoms with van der Waals surface area (Å²) in [6.07, 6.45) is -13.9. The van der Waals surface area contributed by atoms with Gasteiger partial charge in [-0.3, -0.25) is 10.1 Å². The Hall–Kier alpha value is -1.55. The van der Waals surface area contributed by atoms with Gasteiger partial charge in [0, 0.05) is 18.6 Å². The van der Waals surface area contributed by atoms with Gasteiger partial charge >= 0.3 is 12.4 Å². The van der Waals surface area contributed by atoms with Crippen molar-refractivity contribution in [3.8, 4) is 0 Å². The smallest absolute Gasteiger partial charge is 0.374 e. The van der Waals surface area contributed by atoms with Gasteiger partial charge in [0.25, 0.3) is 11.3 Å². The van der Waals surface area contributed by atoms with Crippen molar-refractivity contribution in [2.75, 3.05) is 0 Å². The van der Waals surface area contributed by atoms with Crippen molar-refractivity contribution < 1.29 is 36.4 Å². The highest BCUT2D eigenvalue weighted by molar-refractivity contribution is 6.20. The topological polar surface area (TPSA) is 63.4 Å². The van der Waals surface area contributed by atoms with Gasteiger partial charge in [-0.25, -0.2) is 0 Å². The zero-order chi connectivity index (χ0) is 17.3. The second kappa shape index (κ2) is 5.92. The molecule has 0 radical (unpaired) electrons. The van der Waals surface area contributed by atoms with E-state index in [1.807, 2.05) is 0 Å². The fraction of sp³-hybridized carbons (Fsp3) is 0.455. The largest absolute Gasteiger partial charge is 0.426 e.